The lowest BCUT2D eigenvalue weighted by atomic mass is 9.94. The average molecular weight is 493 g/mol. The van der Waals surface area contributed by atoms with E-state index in [1.54, 1.807) is 55.5 Å². The monoisotopic (exact) mass is 492 g/mol. The molecule has 176 valence electrons. The number of benzene rings is 3. The molecule has 1 aromatic heterocycles. The highest BCUT2D eigenvalue weighted by molar-refractivity contribution is 6.30. The predicted molar refractivity (Wildman–Crippen MR) is 127 cm³/mol. The summed E-state index contributed by atoms with van der Waals surface area (Å²) in [6.45, 7) is 1.75. The van der Waals surface area contributed by atoms with Gasteiger partial charge in [0.1, 0.15) is 11.6 Å². The van der Waals surface area contributed by atoms with Gasteiger partial charge in [0, 0.05) is 21.8 Å². The van der Waals surface area contributed by atoms with Crippen LogP contribution >= 0.6 is 11.6 Å². The second-order valence-corrected chi connectivity index (χ2v) is 8.48. The Kier molecular flexibility index (Phi) is 6.05. The van der Waals surface area contributed by atoms with E-state index in [9.17, 15) is 13.6 Å². The Morgan fingerprint density at radius 3 is 2.57 bits per heavy atom. The Labute approximate surface area is 204 Å². The van der Waals surface area contributed by atoms with Crippen molar-refractivity contribution in [1.82, 2.24) is 20.4 Å². The minimum atomic E-state index is -0.639. The summed E-state index contributed by atoms with van der Waals surface area (Å²) in [5, 5.41) is 7.51. The summed E-state index contributed by atoms with van der Waals surface area (Å²) in [6, 6.07) is 18.0. The van der Waals surface area contributed by atoms with Crippen LogP contribution in [0.15, 0.2) is 83.0 Å². The van der Waals surface area contributed by atoms with Crippen LogP contribution in [0.1, 0.15) is 30.0 Å². The number of carbonyl (C=O) groups excluding carboxylic acids is 1. The van der Waals surface area contributed by atoms with Crippen molar-refractivity contribution in [3.8, 4) is 11.4 Å². The van der Waals surface area contributed by atoms with E-state index in [1.807, 2.05) is 6.07 Å². The van der Waals surface area contributed by atoms with Gasteiger partial charge >= 0.3 is 6.03 Å². The standard InChI is InChI=1S/C26H19ClF2N4O2/c1-15-22(25-31-24(32-35-25)16-9-11-20(28)12-10-16)23(17-6-4-7-19(27)13-17)30-26(34)33(15)14-18-5-2-3-8-21(18)29/h2-13,23H,14H2,1H3,(H,30,34). The molecule has 2 heterocycles. The molecular formula is C26H19ClF2N4O2. The van der Waals surface area contributed by atoms with Gasteiger partial charge in [0.05, 0.1) is 18.2 Å². The van der Waals surface area contributed by atoms with Gasteiger partial charge in [-0.1, -0.05) is 47.1 Å². The van der Waals surface area contributed by atoms with E-state index >= 15 is 0 Å². The van der Waals surface area contributed by atoms with Gasteiger partial charge in [-0.25, -0.2) is 13.6 Å². The SMILES string of the molecule is CC1=C(c2nc(-c3ccc(F)cc3)no2)C(c2cccc(Cl)c2)NC(=O)N1Cc1ccccc1F. The predicted octanol–water partition coefficient (Wildman–Crippen LogP) is 6.37. The number of nitrogens with zero attached hydrogens (tertiary/aromatic N) is 3. The van der Waals surface area contributed by atoms with Crippen LogP contribution in [0, 0.1) is 11.6 Å². The molecule has 0 bridgehead atoms. The zero-order chi connectivity index (χ0) is 24.5. The summed E-state index contributed by atoms with van der Waals surface area (Å²) < 4.78 is 33.3. The smallest absolute Gasteiger partial charge is 0.322 e. The number of halogens is 3. The van der Waals surface area contributed by atoms with Crippen molar-refractivity contribution >= 4 is 23.2 Å². The van der Waals surface area contributed by atoms with Crippen molar-refractivity contribution in [3.05, 3.63) is 112 Å². The lowest BCUT2D eigenvalue weighted by molar-refractivity contribution is 0.202. The van der Waals surface area contributed by atoms with Gasteiger partial charge in [-0.15, -0.1) is 0 Å². The normalized spacial score (nSPS) is 15.9. The summed E-state index contributed by atoms with van der Waals surface area (Å²) in [5.41, 5.74) is 2.72. The fourth-order valence-corrected chi connectivity index (χ4v) is 4.23. The number of carbonyl (C=O) groups is 1. The minimum absolute atomic E-state index is 0.00899. The van der Waals surface area contributed by atoms with E-state index in [0.29, 0.717) is 33.0 Å². The van der Waals surface area contributed by atoms with Crippen molar-refractivity contribution < 1.29 is 18.1 Å². The molecule has 4 aromatic rings. The second-order valence-electron chi connectivity index (χ2n) is 8.04. The fourth-order valence-electron chi connectivity index (χ4n) is 4.03. The van der Waals surface area contributed by atoms with E-state index in [-0.39, 0.29) is 24.1 Å². The van der Waals surface area contributed by atoms with Crippen molar-refractivity contribution in [3.63, 3.8) is 0 Å². The van der Waals surface area contributed by atoms with Crippen LogP contribution in [0.5, 0.6) is 0 Å². The Hall–Kier alpha value is -4.04. The summed E-state index contributed by atoms with van der Waals surface area (Å²) in [4.78, 5) is 19.1. The molecule has 0 fully saturated rings. The van der Waals surface area contributed by atoms with Gasteiger partial charge in [-0.2, -0.15) is 4.98 Å². The minimum Gasteiger partial charge on any atom is -0.334 e. The van der Waals surface area contributed by atoms with Crippen LogP contribution < -0.4 is 5.32 Å². The summed E-state index contributed by atoms with van der Waals surface area (Å²) in [7, 11) is 0. The first-order valence-electron chi connectivity index (χ1n) is 10.8. The van der Waals surface area contributed by atoms with Crippen LogP contribution in [0.2, 0.25) is 5.02 Å². The quantitative estimate of drug-likeness (QED) is 0.351. The van der Waals surface area contributed by atoms with Crippen LogP contribution in [0.3, 0.4) is 0 Å². The first kappa shape index (κ1) is 22.7. The molecule has 6 nitrogen and oxygen atoms in total. The molecule has 3 aromatic carbocycles. The Morgan fingerprint density at radius 1 is 1.06 bits per heavy atom. The first-order valence-corrected chi connectivity index (χ1v) is 11.2. The molecule has 0 aliphatic carbocycles. The molecule has 0 spiro atoms. The largest absolute Gasteiger partial charge is 0.334 e. The van der Waals surface area contributed by atoms with Crippen molar-refractivity contribution in [2.45, 2.75) is 19.5 Å². The fraction of sp³-hybridized carbons (Fsp3) is 0.115. The van der Waals surface area contributed by atoms with Crippen molar-refractivity contribution in [2.75, 3.05) is 0 Å². The third kappa shape index (κ3) is 4.52. The van der Waals surface area contributed by atoms with Crippen molar-refractivity contribution in [2.24, 2.45) is 0 Å². The lowest BCUT2D eigenvalue weighted by Gasteiger charge is -2.35. The van der Waals surface area contributed by atoms with Gasteiger partial charge in [0.25, 0.3) is 5.89 Å². The van der Waals surface area contributed by atoms with E-state index in [4.69, 9.17) is 16.1 Å². The highest BCUT2D eigenvalue weighted by atomic mass is 35.5. The third-order valence-corrected chi connectivity index (χ3v) is 6.06. The highest BCUT2D eigenvalue weighted by Gasteiger charge is 2.36. The molecule has 35 heavy (non-hydrogen) atoms. The Balaban J connectivity index is 1.61. The maximum absolute atomic E-state index is 14.4. The molecule has 0 saturated heterocycles. The zero-order valence-corrected chi connectivity index (χ0v) is 19.3. The summed E-state index contributed by atoms with van der Waals surface area (Å²) in [6.07, 6.45) is 0. The van der Waals surface area contributed by atoms with Crippen molar-refractivity contribution in [1.29, 1.82) is 0 Å². The lowest BCUT2D eigenvalue weighted by Crippen LogP contribution is -2.45. The van der Waals surface area contributed by atoms with E-state index < -0.39 is 17.9 Å². The number of amides is 2. The summed E-state index contributed by atoms with van der Waals surface area (Å²) in [5.74, 6) is -0.355. The number of rotatable bonds is 5. The molecule has 0 saturated carbocycles. The molecule has 1 aliphatic rings. The maximum Gasteiger partial charge on any atom is 0.322 e. The number of hydrogen-bond donors (Lipinski definition) is 1. The van der Waals surface area contributed by atoms with Gasteiger partial charge in [0.15, 0.2) is 0 Å². The van der Waals surface area contributed by atoms with Crippen LogP contribution in [-0.2, 0) is 6.54 Å². The topological polar surface area (TPSA) is 71.3 Å². The van der Waals surface area contributed by atoms with Gasteiger partial charge < -0.3 is 9.84 Å². The van der Waals surface area contributed by atoms with Gasteiger partial charge in [-0.3, -0.25) is 4.90 Å². The Morgan fingerprint density at radius 2 is 1.83 bits per heavy atom. The molecule has 1 N–H and O–H groups in total. The Bertz CT molecular complexity index is 1440. The van der Waals surface area contributed by atoms with E-state index in [0.717, 1.165) is 0 Å². The molecule has 1 atom stereocenters. The average Bonchev–Trinajstić information content (AvgIpc) is 3.32. The number of hydrogen-bond acceptors (Lipinski definition) is 4. The summed E-state index contributed by atoms with van der Waals surface area (Å²) >= 11 is 6.22. The van der Waals surface area contributed by atoms with E-state index in [1.165, 1.54) is 23.1 Å². The number of allylic oxidation sites excluding steroid dienone is 1. The maximum atomic E-state index is 14.4. The molecule has 0 radical (unpaired) electrons. The van der Waals surface area contributed by atoms with Gasteiger partial charge in [-0.05, 0) is 55.0 Å². The third-order valence-electron chi connectivity index (χ3n) is 5.82. The van der Waals surface area contributed by atoms with E-state index in [2.05, 4.69) is 15.5 Å². The first-order chi connectivity index (χ1) is 16.9. The molecular weight excluding hydrogens is 474 g/mol. The van der Waals surface area contributed by atoms with Crippen LogP contribution in [0.4, 0.5) is 13.6 Å². The molecule has 2 amide bonds. The van der Waals surface area contributed by atoms with Crippen LogP contribution in [0.25, 0.3) is 17.0 Å². The highest BCUT2D eigenvalue weighted by Crippen LogP contribution is 2.38. The molecule has 1 unspecified atom stereocenters. The number of urea groups is 1. The molecule has 9 heteroatoms. The number of aromatic nitrogens is 2. The molecule has 5 rings (SSSR count). The number of nitrogens with one attached hydrogen (secondary N) is 1. The van der Waals surface area contributed by atoms with Crippen LogP contribution in [-0.4, -0.2) is 21.1 Å². The van der Waals surface area contributed by atoms with Gasteiger partial charge in [0.2, 0.25) is 5.82 Å². The second kappa shape index (κ2) is 9.31. The molecule has 1 aliphatic heterocycles. The zero-order valence-electron chi connectivity index (χ0n) is 18.5.